The number of carbonyl (C=O) groups excluding carboxylic acids is 2. The van der Waals surface area contributed by atoms with Crippen LogP contribution in [0.25, 0.3) is 0 Å². The first-order chi connectivity index (χ1) is 15.7. The Morgan fingerprint density at radius 1 is 1.12 bits per heavy atom. The summed E-state index contributed by atoms with van der Waals surface area (Å²) in [5, 5.41) is 9.77. The number of aliphatic hydroxyl groups excluding tert-OH is 1. The molecular formula is C25H27F3N2O3. The molecule has 2 fully saturated rings. The second kappa shape index (κ2) is 9.25. The SMILES string of the molecule is O=C(Cc1ccc(C(F)(F)F)nc1)C[C@@H]1CCCN(c2ccc(C3(CO)CCC3)cc2)C1=O. The zero-order valence-electron chi connectivity index (χ0n) is 18.3. The lowest BCUT2D eigenvalue weighted by atomic mass is 9.65. The van der Waals surface area contributed by atoms with Crippen LogP contribution in [0.5, 0.6) is 0 Å². The van der Waals surface area contributed by atoms with Gasteiger partial charge in [-0.15, -0.1) is 0 Å². The van der Waals surface area contributed by atoms with Gasteiger partial charge in [0, 0.05) is 42.6 Å². The number of pyridine rings is 1. The molecule has 0 radical (unpaired) electrons. The fourth-order valence-electron chi connectivity index (χ4n) is 4.80. The van der Waals surface area contributed by atoms with Gasteiger partial charge in [-0.05, 0) is 55.0 Å². The minimum Gasteiger partial charge on any atom is -0.395 e. The molecule has 33 heavy (non-hydrogen) atoms. The fourth-order valence-corrected chi connectivity index (χ4v) is 4.80. The van der Waals surface area contributed by atoms with E-state index in [1.54, 1.807) is 4.90 Å². The number of halogens is 3. The van der Waals surface area contributed by atoms with Crippen LogP contribution in [0, 0.1) is 5.92 Å². The highest BCUT2D eigenvalue weighted by Gasteiger charge is 2.38. The molecule has 2 heterocycles. The van der Waals surface area contributed by atoms with Crippen molar-refractivity contribution in [1.82, 2.24) is 4.98 Å². The number of hydrogen-bond donors (Lipinski definition) is 1. The Balaban J connectivity index is 1.37. The lowest BCUT2D eigenvalue weighted by Gasteiger charge is -2.41. The van der Waals surface area contributed by atoms with E-state index in [0.717, 1.165) is 49.2 Å². The number of hydrogen-bond acceptors (Lipinski definition) is 4. The lowest BCUT2D eigenvalue weighted by molar-refractivity contribution is -0.141. The van der Waals surface area contributed by atoms with E-state index in [4.69, 9.17) is 0 Å². The molecule has 1 N–H and O–H groups in total. The number of ketones is 1. The maximum Gasteiger partial charge on any atom is 0.433 e. The fraction of sp³-hybridized carbons (Fsp3) is 0.480. The number of carbonyl (C=O) groups is 2. The van der Waals surface area contributed by atoms with Crippen LogP contribution in [-0.4, -0.2) is 34.9 Å². The van der Waals surface area contributed by atoms with E-state index < -0.39 is 17.8 Å². The predicted octanol–water partition coefficient (Wildman–Crippen LogP) is 4.46. The molecule has 176 valence electrons. The molecule has 1 saturated heterocycles. The van der Waals surface area contributed by atoms with Crippen LogP contribution in [0.15, 0.2) is 42.6 Å². The highest BCUT2D eigenvalue weighted by Crippen LogP contribution is 2.43. The van der Waals surface area contributed by atoms with Gasteiger partial charge in [0.2, 0.25) is 5.91 Å². The van der Waals surface area contributed by atoms with Gasteiger partial charge in [-0.3, -0.25) is 14.6 Å². The van der Waals surface area contributed by atoms with Crippen LogP contribution >= 0.6 is 0 Å². The number of aromatic nitrogens is 1. The summed E-state index contributed by atoms with van der Waals surface area (Å²) in [7, 11) is 0. The van der Waals surface area contributed by atoms with E-state index in [9.17, 15) is 27.9 Å². The predicted molar refractivity (Wildman–Crippen MR) is 117 cm³/mol. The van der Waals surface area contributed by atoms with E-state index in [-0.39, 0.29) is 36.6 Å². The molecule has 0 unspecified atom stereocenters. The largest absolute Gasteiger partial charge is 0.433 e. The van der Waals surface area contributed by atoms with Crippen molar-refractivity contribution in [3.8, 4) is 0 Å². The molecule has 1 amide bonds. The van der Waals surface area contributed by atoms with Gasteiger partial charge in [-0.2, -0.15) is 13.2 Å². The van der Waals surface area contributed by atoms with Crippen LogP contribution in [0.2, 0.25) is 0 Å². The molecule has 1 aromatic heterocycles. The average molecular weight is 460 g/mol. The minimum atomic E-state index is -4.52. The Kier molecular flexibility index (Phi) is 6.56. The minimum absolute atomic E-state index is 0.0488. The lowest BCUT2D eigenvalue weighted by Crippen LogP contribution is -2.42. The number of Topliss-reactive ketones (excluding diaryl/α,β-unsaturated/α-hetero) is 1. The zero-order valence-corrected chi connectivity index (χ0v) is 18.3. The third-order valence-electron chi connectivity index (χ3n) is 6.94. The number of benzene rings is 1. The van der Waals surface area contributed by atoms with Crippen molar-refractivity contribution in [2.24, 2.45) is 5.92 Å². The molecule has 1 saturated carbocycles. The van der Waals surface area contributed by atoms with Crippen molar-refractivity contribution in [3.05, 3.63) is 59.4 Å². The summed E-state index contributed by atoms with van der Waals surface area (Å²) < 4.78 is 37.9. The van der Waals surface area contributed by atoms with Gasteiger partial charge in [0.25, 0.3) is 0 Å². The maximum atomic E-state index is 13.1. The number of piperidine rings is 1. The molecule has 0 bridgehead atoms. The maximum absolute atomic E-state index is 13.1. The van der Waals surface area contributed by atoms with Gasteiger partial charge >= 0.3 is 6.18 Å². The normalized spacial score (nSPS) is 20.4. The van der Waals surface area contributed by atoms with Crippen molar-refractivity contribution in [1.29, 1.82) is 0 Å². The Morgan fingerprint density at radius 3 is 2.39 bits per heavy atom. The molecule has 1 atom stereocenters. The monoisotopic (exact) mass is 460 g/mol. The summed E-state index contributed by atoms with van der Waals surface area (Å²) in [6.45, 7) is 0.699. The second-order valence-corrected chi connectivity index (χ2v) is 9.14. The number of amides is 1. The van der Waals surface area contributed by atoms with Crippen molar-refractivity contribution in [2.45, 2.75) is 56.5 Å². The Morgan fingerprint density at radius 2 is 1.85 bits per heavy atom. The number of alkyl halides is 3. The topological polar surface area (TPSA) is 70.5 Å². The molecule has 1 aromatic carbocycles. The van der Waals surface area contributed by atoms with Gasteiger partial charge in [-0.1, -0.05) is 24.6 Å². The first-order valence-corrected chi connectivity index (χ1v) is 11.3. The van der Waals surface area contributed by atoms with Crippen molar-refractivity contribution in [2.75, 3.05) is 18.1 Å². The Labute approximate surface area is 190 Å². The van der Waals surface area contributed by atoms with Gasteiger partial charge in [0.05, 0.1) is 6.61 Å². The molecule has 2 aromatic rings. The molecule has 4 rings (SSSR count). The quantitative estimate of drug-likeness (QED) is 0.663. The van der Waals surface area contributed by atoms with E-state index in [0.29, 0.717) is 18.5 Å². The molecule has 0 spiro atoms. The van der Waals surface area contributed by atoms with Gasteiger partial charge in [0.1, 0.15) is 11.5 Å². The van der Waals surface area contributed by atoms with Crippen LogP contribution < -0.4 is 4.90 Å². The van der Waals surface area contributed by atoms with E-state index in [1.807, 2.05) is 24.3 Å². The number of aliphatic hydroxyl groups is 1. The molecule has 1 aliphatic carbocycles. The molecule has 2 aliphatic rings. The molecule has 1 aliphatic heterocycles. The zero-order chi connectivity index (χ0) is 23.6. The molecule has 5 nitrogen and oxygen atoms in total. The average Bonchev–Trinajstić information content (AvgIpc) is 2.75. The van der Waals surface area contributed by atoms with Crippen LogP contribution in [-0.2, 0) is 27.6 Å². The third-order valence-corrected chi connectivity index (χ3v) is 6.94. The van der Waals surface area contributed by atoms with Crippen molar-refractivity contribution in [3.63, 3.8) is 0 Å². The highest BCUT2D eigenvalue weighted by molar-refractivity contribution is 5.98. The summed E-state index contributed by atoms with van der Waals surface area (Å²) in [5.41, 5.74) is 1.11. The van der Waals surface area contributed by atoms with Crippen LogP contribution in [0.3, 0.4) is 0 Å². The van der Waals surface area contributed by atoms with Gasteiger partial charge in [0.15, 0.2) is 0 Å². The summed E-state index contributed by atoms with van der Waals surface area (Å²) in [5.74, 6) is -0.737. The summed E-state index contributed by atoms with van der Waals surface area (Å²) in [4.78, 5) is 30.7. The van der Waals surface area contributed by atoms with Crippen molar-refractivity contribution >= 4 is 17.4 Å². The first-order valence-electron chi connectivity index (χ1n) is 11.3. The summed E-state index contributed by atoms with van der Waals surface area (Å²) in [6, 6.07) is 9.88. The molecular weight excluding hydrogens is 433 g/mol. The Bertz CT molecular complexity index is 994. The van der Waals surface area contributed by atoms with Gasteiger partial charge in [-0.25, -0.2) is 0 Å². The smallest absolute Gasteiger partial charge is 0.395 e. The van der Waals surface area contributed by atoms with Crippen LogP contribution in [0.4, 0.5) is 18.9 Å². The standard InChI is InChI=1S/C25H27F3N2O3/c26-25(27,28)22-9-4-17(15-29-22)13-21(32)14-18-3-1-12-30(23(18)33)20-7-5-19(6-8-20)24(16-31)10-2-11-24/h4-9,15,18,31H,1-3,10-14,16H2/t18-/m0/s1. The molecule has 8 heteroatoms. The first kappa shape index (κ1) is 23.4. The number of rotatable bonds is 7. The number of anilines is 1. The van der Waals surface area contributed by atoms with Crippen LogP contribution in [0.1, 0.15) is 55.3 Å². The van der Waals surface area contributed by atoms with E-state index in [1.165, 1.54) is 6.07 Å². The Hall–Kier alpha value is -2.74. The summed E-state index contributed by atoms with van der Waals surface area (Å²) >= 11 is 0. The van der Waals surface area contributed by atoms with E-state index >= 15 is 0 Å². The van der Waals surface area contributed by atoms with Crippen molar-refractivity contribution < 1.29 is 27.9 Å². The van der Waals surface area contributed by atoms with Gasteiger partial charge < -0.3 is 10.0 Å². The number of nitrogens with zero attached hydrogens (tertiary/aromatic N) is 2. The third kappa shape index (κ3) is 4.95. The highest BCUT2D eigenvalue weighted by atomic mass is 19.4. The summed E-state index contributed by atoms with van der Waals surface area (Å²) in [6.07, 6.45) is 0.966. The second-order valence-electron chi connectivity index (χ2n) is 9.14. The van der Waals surface area contributed by atoms with E-state index in [2.05, 4.69) is 4.98 Å².